The molecule has 146 valence electrons. The van der Waals surface area contributed by atoms with Crippen molar-refractivity contribution in [2.45, 2.75) is 12.6 Å². The van der Waals surface area contributed by atoms with E-state index in [1.165, 1.54) is 12.1 Å². The zero-order valence-electron chi connectivity index (χ0n) is 14.3. The number of hydrogen-bond donors (Lipinski definition) is 1. The molecule has 0 radical (unpaired) electrons. The molecule has 1 amide bonds. The minimum atomic E-state index is -4.70. The van der Waals surface area contributed by atoms with E-state index in [1.54, 1.807) is 24.3 Å². The van der Waals surface area contributed by atoms with E-state index in [4.69, 9.17) is 23.2 Å². The lowest BCUT2D eigenvalue weighted by Gasteiger charge is -2.10. The van der Waals surface area contributed by atoms with Crippen molar-refractivity contribution in [1.82, 2.24) is 15.1 Å². The summed E-state index contributed by atoms with van der Waals surface area (Å²) in [6.07, 6.45) is -4.27. The number of alkyl halides is 3. The summed E-state index contributed by atoms with van der Waals surface area (Å²) >= 11 is 12.1. The minimum absolute atomic E-state index is 0.171. The first-order valence-corrected chi connectivity index (χ1v) is 8.96. The van der Waals surface area contributed by atoms with Crippen molar-refractivity contribution in [2.75, 3.05) is 6.54 Å². The van der Waals surface area contributed by atoms with Gasteiger partial charge >= 0.3 is 6.18 Å². The van der Waals surface area contributed by atoms with Gasteiger partial charge in [0.2, 0.25) is 0 Å². The normalized spacial score (nSPS) is 11.5. The van der Waals surface area contributed by atoms with Gasteiger partial charge in [-0.1, -0.05) is 53.5 Å². The summed E-state index contributed by atoms with van der Waals surface area (Å²) < 4.78 is 40.3. The van der Waals surface area contributed by atoms with Crippen LogP contribution in [0.15, 0.2) is 54.6 Å². The molecule has 3 rings (SSSR count). The number of rotatable bonds is 5. The Morgan fingerprint density at radius 3 is 2.32 bits per heavy atom. The van der Waals surface area contributed by atoms with Crippen LogP contribution in [0, 0.1) is 0 Å². The SMILES string of the molecule is O=C(NCCc1ccccc1Cl)c1cc(C(F)(F)F)nn1-c1ccccc1Cl. The molecule has 3 aromatic rings. The molecule has 28 heavy (non-hydrogen) atoms. The molecule has 0 aliphatic heterocycles. The zero-order chi connectivity index (χ0) is 20.3. The van der Waals surface area contributed by atoms with E-state index in [9.17, 15) is 18.0 Å². The molecular weight excluding hydrogens is 414 g/mol. The first-order chi connectivity index (χ1) is 13.3. The van der Waals surface area contributed by atoms with Crippen LogP contribution in [0.2, 0.25) is 10.0 Å². The lowest BCUT2D eigenvalue weighted by atomic mass is 10.1. The number of carbonyl (C=O) groups is 1. The second-order valence-electron chi connectivity index (χ2n) is 5.87. The Morgan fingerprint density at radius 2 is 1.68 bits per heavy atom. The summed E-state index contributed by atoms with van der Waals surface area (Å²) in [5.41, 5.74) is -0.445. The van der Waals surface area contributed by atoms with E-state index in [0.717, 1.165) is 10.2 Å². The van der Waals surface area contributed by atoms with Crippen molar-refractivity contribution in [1.29, 1.82) is 0 Å². The molecule has 0 bridgehead atoms. The second-order valence-corrected chi connectivity index (χ2v) is 6.69. The first kappa shape index (κ1) is 20.2. The lowest BCUT2D eigenvalue weighted by Crippen LogP contribution is -2.28. The number of para-hydroxylation sites is 1. The standard InChI is InChI=1S/C19H14Cl2F3N3O/c20-13-6-2-1-5-12(13)9-10-25-18(28)16-11-17(19(22,23)24)26-27(16)15-8-4-3-7-14(15)21/h1-8,11H,9-10H2,(H,25,28). The van der Waals surface area contributed by atoms with Crippen molar-refractivity contribution in [2.24, 2.45) is 0 Å². The Kier molecular flexibility index (Phi) is 5.96. The van der Waals surface area contributed by atoms with Gasteiger partial charge < -0.3 is 5.32 Å². The summed E-state index contributed by atoms with van der Waals surface area (Å²) in [4.78, 5) is 12.6. The van der Waals surface area contributed by atoms with Crippen LogP contribution in [0.1, 0.15) is 21.7 Å². The molecule has 0 atom stereocenters. The average Bonchev–Trinajstić information content (AvgIpc) is 3.09. The molecule has 0 saturated heterocycles. The monoisotopic (exact) mass is 427 g/mol. The van der Waals surface area contributed by atoms with Crippen LogP contribution < -0.4 is 5.32 Å². The van der Waals surface area contributed by atoms with E-state index < -0.39 is 17.8 Å². The Morgan fingerprint density at radius 1 is 1.04 bits per heavy atom. The van der Waals surface area contributed by atoms with Crippen molar-refractivity contribution < 1.29 is 18.0 Å². The maximum atomic E-state index is 13.1. The third kappa shape index (κ3) is 4.48. The molecule has 2 aromatic carbocycles. The molecule has 0 spiro atoms. The average molecular weight is 428 g/mol. The summed E-state index contributed by atoms with van der Waals surface area (Å²) in [5, 5.41) is 6.86. The van der Waals surface area contributed by atoms with Gasteiger partial charge in [-0.05, 0) is 30.2 Å². The summed E-state index contributed by atoms with van der Waals surface area (Å²) in [6, 6.07) is 14.0. The van der Waals surface area contributed by atoms with Gasteiger partial charge in [-0.2, -0.15) is 18.3 Å². The van der Waals surface area contributed by atoms with Gasteiger partial charge in [0, 0.05) is 17.6 Å². The lowest BCUT2D eigenvalue weighted by molar-refractivity contribution is -0.141. The number of benzene rings is 2. The van der Waals surface area contributed by atoms with Crippen LogP contribution in [0.25, 0.3) is 5.69 Å². The molecule has 0 unspecified atom stereocenters. The third-order valence-electron chi connectivity index (χ3n) is 3.95. The number of halogens is 5. The van der Waals surface area contributed by atoms with Gasteiger partial charge in [0.05, 0.1) is 10.7 Å². The highest BCUT2D eigenvalue weighted by Crippen LogP contribution is 2.30. The maximum absolute atomic E-state index is 13.1. The van der Waals surface area contributed by atoms with Gasteiger partial charge in [-0.25, -0.2) is 4.68 Å². The van der Waals surface area contributed by atoms with E-state index >= 15 is 0 Å². The van der Waals surface area contributed by atoms with Crippen molar-refractivity contribution in [3.05, 3.63) is 81.6 Å². The number of hydrogen-bond acceptors (Lipinski definition) is 2. The van der Waals surface area contributed by atoms with Gasteiger partial charge in [0.1, 0.15) is 5.69 Å². The highest BCUT2D eigenvalue weighted by Gasteiger charge is 2.36. The minimum Gasteiger partial charge on any atom is -0.350 e. The molecular formula is C19H14Cl2F3N3O. The van der Waals surface area contributed by atoms with Crippen LogP contribution in [0.5, 0.6) is 0 Å². The molecule has 1 N–H and O–H groups in total. The smallest absolute Gasteiger partial charge is 0.350 e. The van der Waals surface area contributed by atoms with Crippen molar-refractivity contribution in [3.63, 3.8) is 0 Å². The van der Waals surface area contributed by atoms with E-state index in [-0.39, 0.29) is 22.9 Å². The van der Waals surface area contributed by atoms with E-state index in [2.05, 4.69) is 10.4 Å². The van der Waals surface area contributed by atoms with Crippen LogP contribution in [0.4, 0.5) is 13.2 Å². The largest absolute Gasteiger partial charge is 0.435 e. The fraction of sp³-hybridized carbons (Fsp3) is 0.158. The number of nitrogens with one attached hydrogen (secondary N) is 1. The summed E-state index contributed by atoms with van der Waals surface area (Å²) in [6.45, 7) is 0.192. The van der Waals surface area contributed by atoms with E-state index in [1.807, 2.05) is 12.1 Å². The van der Waals surface area contributed by atoms with Crippen LogP contribution in [-0.2, 0) is 12.6 Å². The van der Waals surface area contributed by atoms with Crippen LogP contribution >= 0.6 is 23.2 Å². The van der Waals surface area contributed by atoms with Gasteiger partial charge in [-0.3, -0.25) is 4.79 Å². The predicted molar refractivity (Wildman–Crippen MR) is 101 cm³/mol. The fourth-order valence-electron chi connectivity index (χ4n) is 2.59. The van der Waals surface area contributed by atoms with Crippen LogP contribution in [-0.4, -0.2) is 22.2 Å². The second kappa shape index (κ2) is 8.24. The number of carbonyl (C=O) groups excluding carboxylic acids is 1. The Hall–Kier alpha value is -2.51. The van der Waals surface area contributed by atoms with Gasteiger partial charge in [-0.15, -0.1) is 0 Å². The van der Waals surface area contributed by atoms with Gasteiger partial charge in [0.15, 0.2) is 5.69 Å². The highest BCUT2D eigenvalue weighted by molar-refractivity contribution is 6.32. The Labute approximate surface area is 168 Å². The molecule has 1 aromatic heterocycles. The van der Waals surface area contributed by atoms with Crippen LogP contribution in [0.3, 0.4) is 0 Å². The van der Waals surface area contributed by atoms with Crippen molar-refractivity contribution in [3.8, 4) is 5.69 Å². The number of amides is 1. The molecule has 0 aliphatic rings. The topological polar surface area (TPSA) is 46.9 Å². The molecule has 0 aliphatic carbocycles. The summed E-state index contributed by atoms with van der Waals surface area (Å²) in [7, 11) is 0. The number of aromatic nitrogens is 2. The highest BCUT2D eigenvalue weighted by atomic mass is 35.5. The first-order valence-electron chi connectivity index (χ1n) is 8.21. The molecule has 9 heteroatoms. The Balaban J connectivity index is 1.85. The van der Waals surface area contributed by atoms with E-state index in [0.29, 0.717) is 17.5 Å². The maximum Gasteiger partial charge on any atom is 0.435 e. The van der Waals surface area contributed by atoms with Gasteiger partial charge in [0.25, 0.3) is 5.91 Å². The zero-order valence-corrected chi connectivity index (χ0v) is 15.8. The molecule has 0 fully saturated rings. The number of nitrogens with zero attached hydrogens (tertiary/aromatic N) is 2. The summed E-state index contributed by atoms with van der Waals surface area (Å²) in [5.74, 6) is -0.699. The molecule has 4 nitrogen and oxygen atoms in total. The quantitative estimate of drug-likeness (QED) is 0.610. The predicted octanol–water partition coefficient (Wildman–Crippen LogP) is 5.17. The molecule has 1 heterocycles. The fourth-order valence-corrected chi connectivity index (χ4v) is 3.04. The van der Waals surface area contributed by atoms with Crippen molar-refractivity contribution >= 4 is 29.1 Å². The molecule has 0 saturated carbocycles. The third-order valence-corrected chi connectivity index (χ3v) is 4.64. The Bertz CT molecular complexity index is 1000.